The summed E-state index contributed by atoms with van der Waals surface area (Å²) in [5.41, 5.74) is 0. The lowest BCUT2D eigenvalue weighted by Crippen LogP contribution is -2.30. The minimum absolute atomic E-state index is 0.0624. The second-order valence-corrected chi connectivity index (χ2v) is 21.4. The van der Waals surface area contributed by atoms with Crippen LogP contribution in [-0.2, 0) is 28.6 Å². The van der Waals surface area contributed by atoms with Crippen molar-refractivity contribution in [3.8, 4) is 0 Å². The topological polar surface area (TPSA) is 78.9 Å². The molecule has 0 aliphatic heterocycles. The monoisotopic (exact) mass is 933 g/mol. The molecule has 0 fully saturated rings. The summed E-state index contributed by atoms with van der Waals surface area (Å²) >= 11 is 0. The number of hydrogen-bond donors (Lipinski definition) is 0. The Labute approximate surface area is 412 Å². The highest BCUT2D eigenvalue weighted by Gasteiger charge is 2.19. The molecule has 6 nitrogen and oxygen atoms in total. The van der Waals surface area contributed by atoms with Crippen LogP contribution in [0.25, 0.3) is 0 Å². The van der Waals surface area contributed by atoms with Crippen molar-refractivity contribution in [2.45, 2.75) is 343 Å². The maximum atomic E-state index is 12.9. The molecule has 0 amide bonds. The minimum Gasteiger partial charge on any atom is -0.462 e. The smallest absolute Gasteiger partial charge is 0.306 e. The maximum Gasteiger partial charge on any atom is 0.306 e. The van der Waals surface area contributed by atoms with Gasteiger partial charge in [0.05, 0.1) is 0 Å². The summed E-state index contributed by atoms with van der Waals surface area (Å²) in [5.74, 6) is 0.903. The predicted octanol–water partition coefficient (Wildman–Crippen LogP) is 19.7. The van der Waals surface area contributed by atoms with E-state index in [-0.39, 0.29) is 31.1 Å². The zero-order chi connectivity index (χ0) is 48.2. The molecule has 0 aromatic rings. The summed E-state index contributed by atoms with van der Waals surface area (Å²) in [4.78, 5) is 38.2. The first-order valence-electron chi connectivity index (χ1n) is 29.8. The molecule has 0 aliphatic carbocycles. The Morgan fingerprint density at radius 3 is 0.864 bits per heavy atom. The van der Waals surface area contributed by atoms with Crippen molar-refractivity contribution < 1.29 is 28.6 Å². The Bertz CT molecular complexity index is 1010. The van der Waals surface area contributed by atoms with Gasteiger partial charge in [0.25, 0.3) is 0 Å². The number of unbranched alkanes of at least 4 members (excludes halogenated alkanes) is 38. The molecule has 66 heavy (non-hydrogen) atoms. The first-order valence-corrected chi connectivity index (χ1v) is 29.8. The van der Waals surface area contributed by atoms with Gasteiger partial charge in [-0.25, -0.2) is 0 Å². The van der Waals surface area contributed by atoms with Gasteiger partial charge in [0.15, 0.2) is 6.10 Å². The maximum absolute atomic E-state index is 12.9. The number of rotatable bonds is 54. The summed E-state index contributed by atoms with van der Waals surface area (Å²) in [6.07, 6.45) is 56.6. The van der Waals surface area contributed by atoms with Gasteiger partial charge in [-0.1, -0.05) is 298 Å². The van der Waals surface area contributed by atoms with Gasteiger partial charge >= 0.3 is 17.9 Å². The summed E-state index contributed by atoms with van der Waals surface area (Å²) in [6, 6.07) is 0. The second kappa shape index (κ2) is 52.8. The van der Waals surface area contributed by atoms with Crippen LogP contribution < -0.4 is 0 Å². The van der Waals surface area contributed by atoms with E-state index in [9.17, 15) is 14.4 Å². The third kappa shape index (κ3) is 51.8. The fourth-order valence-corrected chi connectivity index (χ4v) is 9.20. The van der Waals surface area contributed by atoms with Crippen LogP contribution in [0.5, 0.6) is 0 Å². The van der Waals surface area contributed by atoms with Crippen LogP contribution in [0.1, 0.15) is 336 Å². The van der Waals surface area contributed by atoms with Crippen molar-refractivity contribution >= 4 is 17.9 Å². The molecule has 0 aromatic heterocycles. The van der Waals surface area contributed by atoms with Crippen LogP contribution in [-0.4, -0.2) is 37.2 Å². The quantitative estimate of drug-likeness (QED) is 0.0343. The molecule has 0 bridgehead atoms. The van der Waals surface area contributed by atoms with Gasteiger partial charge in [-0.15, -0.1) is 0 Å². The molecule has 0 N–H and O–H groups in total. The summed E-state index contributed by atoms with van der Waals surface area (Å²) in [7, 11) is 0. The minimum atomic E-state index is -0.763. The molecule has 0 aliphatic rings. The van der Waals surface area contributed by atoms with Gasteiger partial charge in [0.1, 0.15) is 13.2 Å². The van der Waals surface area contributed by atoms with E-state index in [2.05, 4.69) is 34.6 Å². The van der Waals surface area contributed by atoms with Gasteiger partial charge in [-0.05, 0) is 31.1 Å². The Balaban J connectivity index is 4.29. The highest BCUT2D eigenvalue weighted by molar-refractivity contribution is 5.71. The summed E-state index contributed by atoms with van der Waals surface area (Å²) in [5, 5.41) is 0. The SMILES string of the molecule is CCCCCCCCCCCCCCCC(=O)OC[C@@H](COC(=O)CCCCCCCCCCCCCCCCC(C)C)OC(=O)CCCCCCCCCCCCCCCCC(C)CC. The Kier molecular flexibility index (Phi) is 51.5. The zero-order valence-electron chi connectivity index (χ0n) is 45.3. The Hall–Kier alpha value is -1.59. The van der Waals surface area contributed by atoms with Crippen LogP contribution in [0.15, 0.2) is 0 Å². The van der Waals surface area contributed by atoms with E-state index < -0.39 is 6.10 Å². The molecule has 0 spiro atoms. The predicted molar refractivity (Wildman–Crippen MR) is 284 cm³/mol. The average molecular weight is 934 g/mol. The lowest BCUT2D eigenvalue weighted by atomic mass is 9.99. The molecule has 392 valence electrons. The Morgan fingerprint density at radius 1 is 0.318 bits per heavy atom. The van der Waals surface area contributed by atoms with Crippen LogP contribution in [0.2, 0.25) is 0 Å². The fourth-order valence-electron chi connectivity index (χ4n) is 9.20. The van der Waals surface area contributed by atoms with Gasteiger partial charge in [-0.3, -0.25) is 14.4 Å². The van der Waals surface area contributed by atoms with E-state index in [1.807, 2.05) is 0 Å². The van der Waals surface area contributed by atoms with Crippen LogP contribution >= 0.6 is 0 Å². The van der Waals surface area contributed by atoms with Crippen molar-refractivity contribution in [3.05, 3.63) is 0 Å². The van der Waals surface area contributed by atoms with Gasteiger partial charge < -0.3 is 14.2 Å². The number of esters is 3. The van der Waals surface area contributed by atoms with Crippen molar-refractivity contribution in [2.24, 2.45) is 11.8 Å². The molecule has 0 saturated heterocycles. The van der Waals surface area contributed by atoms with E-state index in [1.165, 1.54) is 225 Å². The van der Waals surface area contributed by atoms with Gasteiger partial charge in [0, 0.05) is 19.3 Å². The van der Waals surface area contributed by atoms with E-state index in [0.717, 1.165) is 69.6 Å². The molecule has 0 aromatic carbocycles. The third-order valence-corrected chi connectivity index (χ3v) is 14.1. The summed E-state index contributed by atoms with van der Waals surface area (Å²) in [6.45, 7) is 11.5. The zero-order valence-corrected chi connectivity index (χ0v) is 45.3. The first-order chi connectivity index (χ1) is 32.3. The molecular formula is C60H116O6. The lowest BCUT2D eigenvalue weighted by molar-refractivity contribution is -0.167. The third-order valence-electron chi connectivity index (χ3n) is 14.1. The standard InChI is InChI=1S/C60H116O6/c1-6-8-9-10-11-12-13-18-25-30-35-40-45-50-58(61)64-53-57(54-65-59(62)51-46-41-36-31-26-21-16-14-19-23-28-33-38-43-48-55(3)4)66-60(63)52-47-42-37-32-27-22-17-15-20-24-29-34-39-44-49-56(5)7-2/h55-57H,6-54H2,1-5H3/t56?,57-/m0/s1. The highest BCUT2D eigenvalue weighted by Crippen LogP contribution is 2.19. The number of carbonyl (C=O) groups excluding carboxylic acids is 3. The van der Waals surface area contributed by atoms with E-state index in [0.29, 0.717) is 19.3 Å². The van der Waals surface area contributed by atoms with E-state index in [4.69, 9.17) is 14.2 Å². The first kappa shape index (κ1) is 64.4. The molecular weight excluding hydrogens is 817 g/mol. The van der Waals surface area contributed by atoms with E-state index >= 15 is 0 Å². The van der Waals surface area contributed by atoms with Crippen LogP contribution in [0, 0.1) is 11.8 Å². The normalized spacial score (nSPS) is 12.5. The molecule has 0 radical (unpaired) electrons. The fraction of sp³-hybridized carbons (Fsp3) is 0.950. The van der Waals surface area contributed by atoms with Crippen molar-refractivity contribution in [1.82, 2.24) is 0 Å². The lowest BCUT2D eigenvalue weighted by Gasteiger charge is -2.18. The number of carbonyl (C=O) groups is 3. The van der Waals surface area contributed by atoms with Crippen molar-refractivity contribution in [1.29, 1.82) is 0 Å². The average Bonchev–Trinajstić information content (AvgIpc) is 3.30. The van der Waals surface area contributed by atoms with E-state index in [1.54, 1.807) is 0 Å². The second-order valence-electron chi connectivity index (χ2n) is 21.4. The number of hydrogen-bond acceptors (Lipinski definition) is 6. The largest absolute Gasteiger partial charge is 0.462 e. The molecule has 6 heteroatoms. The molecule has 1 unspecified atom stereocenters. The Morgan fingerprint density at radius 2 is 0.576 bits per heavy atom. The highest BCUT2D eigenvalue weighted by atomic mass is 16.6. The van der Waals surface area contributed by atoms with Crippen molar-refractivity contribution in [3.63, 3.8) is 0 Å². The molecule has 0 saturated carbocycles. The molecule has 0 rings (SSSR count). The van der Waals surface area contributed by atoms with Crippen LogP contribution in [0.3, 0.4) is 0 Å². The van der Waals surface area contributed by atoms with Crippen LogP contribution in [0.4, 0.5) is 0 Å². The molecule has 0 heterocycles. The van der Waals surface area contributed by atoms with Crippen molar-refractivity contribution in [2.75, 3.05) is 13.2 Å². The van der Waals surface area contributed by atoms with Gasteiger partial charge in [-0.2, -0.15) is 0 Å². The molecule has 2 atom stereocenters. The summed E-state index contributed by atoms with van der Waals surface area (Å²) < 4.78 is 16.9. The van der Waals surface area contributed by atoms with Gasteiger partial charge in [0.2, 0.25) is 0 Å². The number of ether oxygens (including phenoxy) is 3.